The van der Waals surface area contributed by atoms with Crippen molar-refractivity contribution >= 4 is 17.5 Å². The molecule has 0 spiro atoms. The van der Waals surface area contributed by atoms with Gasteiger partial charge in [-0.15, -0.1) is 5.10 Å². The summed E-state index contributed by atoms with van der Waals surface area (Å²) in [4.78, 5) is 15.8. The van der Waals surface area contributed by atoms with Crippen LogP contribution in [0.5, 0.6) is 0 Å². The molecule has 6 nitrogen and oxygen atoms in total. The van der Waals surface area contributed by atoms with E-state index in [0.717, 1.165) is 11.2 Å². The minimum Gasteiger partial charge on any atom is -0.354 e. The highest BCUT2D eigenvalue weighted by Crippen LogP contribution is 2.07. The molecular formula is C13H19N5O. The van der Waals surface area contributed by atoms with E-state index in [0.29, 0.717) is 18.9 Å². The summed E-state index contributed by atoms with van der Waals surface area (Å²) in [6.45, 7) is 6.42. The highest BCUT2D eigenvalue weighted by atomic mass is 16.1. The molecule has 0 atom stereocenters. The van der Waals surface area contributed by atoms with Gasteiger partial charge in [0.2, 0.25) is 11.9 Å². The molecule has 2 aromatic heterocycles. The van der Waals surface area contributed by atoms with Crippen LogP contribution in [-0.2, 0) is 4.79 Å². The van der Waals surface area contributed by atoms with Gasteiger partial charge in [0, 0.05) is 25.2 Å². The Kier molecular flexibility index (Phi) is 3.99. The number of carbonyl (C=O) groups excluding carboxylic acids is 1. The second kappa shape index (κ2) is 5.69. The van der Waals surface area contributed by atoms with Gasteiger partial charge in [-0.3, -0.25) is 4.79 Å². The molecule has 1 amide bonds. The van der Waals surface area contributed by atoms with Crippen LogP contribution in [0, 0.1) is 6.92 Å². The molecule has 0 fully saturated rings. The minimum absolute atomic E-state index is 0.0297. The Morgan fingerprint density at radius 2 is 2.26 bits per heavy atom. The maximum Gasteiger partial charge on any atom is 0.243 e. The monoisotopic (exact) mass is 261 g/mol. The second-order valence-electron chi connectivity index (χ2n) is 4.84. The predicted molar refractivity (Wildman–Crippen MR) is 74.1 cm³/mol. The van der Waals surface area contributed by atoms with Gasteiger partial charge in [0.25, 0.3) is 0 Å². The summed E-state index contributed by atoms with van der Waals surface area (Å²) >= 11 is 0. The third-order valence-corrected chi connectivity index (χ3v) is 2.58. The molecule has 0 aromatic carbocycles. The van der Waals surface area contributed by atoms with Crippen LogP contribution in [0.1, 0.15) is 25.8 Å². The van der Waals surface area contributed by atoms with E-state index in [2.05, 4.69) is 20.7 Å². The van der Waals surface area contributed by atoms with Crippen LogP contribution in [0.15, 0.2) is 18.3 Å². The SMILES string of the molecule is Cc1ccn2nc(NCCC(=O)NC(C)C)nc2c1. The molecule has 2 aromatic rings. The van der Waals surface area contributed by atoms with Gasteiger partial charge in [-0.25, -0.2) is 4.52 Å². The lowest BCUT2D eigenvalue weighted by atomic mass is 10.3. The van der Waals surface area contributed by atoms with Crippen LogP contribution in [0.4, 0.5) is 5.95 Å². The van der Waals surface area contributed by atoms with Crippen LogP contribution in [0.3, 0.4) is 0 Å². The molecule has 102 valence electrons. The van der Waals surface area contributed by atoms with Gasteiger partial charge in [-0.1, -0.05) is 0 Å². The quantitative estimate of drug-likeness (QED) is 0.852. The number of aromatic nitrogens is 3. The van der Waals surface area contributed by atoms with Crippen LogP contribution >= 0.6 is 0 Å². The van der Waals surface area contributed by atoms with Gasteiger partial charge in [-0.2, -0.15) is 4.98 Å². The molecule has 6 heteroatoms. The van der Waals surface area contributed by atoms with Crippen molar-refractivity contribution in [3.8, 4) is 0 Å². The largest absolute Gasteiger partial charge is 0.354 e. The molecule has 0 aliphatic rings. The Bertz CT molecular complexity index is 575. The number of hydrogen-bond donors (Lipinski definition) is 2. The summed E-state index contributed by atoms with van der Waals surface area (Å²) in [7, 11) is 0. The van der Waals surface area contributed by atoms with Crippen LogP contribution in [-0.4, -0.2) is 33.1 Å². The number of aryl methyl sites for hydroxylation is 1. The summed E-state index contributed by atoms with van der Waals surface area (Å²) in [6, 6.07) is 4.11. The zero-order chi connectivity index (χ0) is 13.8. The average Bonchev–Trinajstić information content (AvgIpc) is 2.69. The van der Waals surface area contributed by atoms with Crippen molar-refractivity contribution < 1.29 is 4.79 Å². The van der Waals surface area contributed by atoms with Gasteiger partial charge < -0.3 is 10.6 Å². The van der Waals surface area contributed by atoms with E-state index in [-0.39, 0.29) is 11.9 Å². The lowest BCUT2D eigenvalue weighted by Gasteiger charge is -2.07. The Morgan fingerprint density at radius 1 is 1.47 bits per heavy atom. The summed E-state index contributed by atoms with van der Waals surface area (Å²) in [5.74, 6) is 0.574. The maximum absolute atomic E-state index is 11.5. The lowest BCUT2D eigenvalue weighted by molar-refractivity contribution is -0.121. The van der Waals surface area contributed by atoms with E-state index >= 15 is 0 Å². The van der Waals surface area contributed by atoms with Crippen molar-refractivity contribution in [1.82, 2.24) is 19.9 Å². The fourth-order valence-corrected chi connectivity index (χ4v) is 1.74. The smallest absolute Gasteiger partial charge is 0.243 e. The van der Waals surface area contributed by atoms with E-state index in [1.807, 2.05) is 39.1 Å². The first kappa shape index (κ1) is 13.3. The molecule has 0 aliphatic heterocycles. The number of rotatable bonds is 5. The zero-order valence-electron chi connectivity index (χ0n) is 11.5. The van der Waals surface area contributed by atoms with Crippen molar-refractivity contribution in [1.29, 1.82) is 0 Å². The number of nitrogens with zero attached hydrogens (tertiary/aromatic N) is 3. The Balaban J connectivity index is 1.89. The van der Waals surface area contributed by atoms with Crippen LogP contribution in [0.2, 0.25) is 0 Å². The Hall–Kier alpha value is -2.11. The van der Waals surface area contributed by atoms with E-state index in [1.165, 1.54) is 0 Å². The van der Waals surface area contributed by atoms with Crippen molar-refractivity contribution in [2.24, 2.45) is 0 Å². The standard InChI is InChI=1S/C13H19N5O/c1-9(2)15-12(19)4-6-14-13-16-11-8-10(3)5-7-18(11)17-13/h5,7-9H,4,6H2,1-3H3,(H,14,17)(H,15,19). The Labute approximate surface area is 112 Å². The second-order valence-corrected chi connectivity index (χ2v) is 4.84. The predicted octanol–water partition coefficient (Wildman–Crippen LogP) is 1.36. The topological polar surface area (TPSA) is 71.3 Å². The molecule has 2 N–H and O–H groups in total. The molecule has 0 aliphatic carbocycles. The summed E-state index contributed by atoms with van der Waals surface area (Å²) in [5.41, 5.74) is 1.94. The van der Waals surface area contributed by atoms with Gasteiger partial charge in [0.05, 0.1) is 0 Å². The number of nitrogens with one attached hydrogen (secondary N) is 2. The Morgan fingerprint density at radius 3 is 3.00 bits per heavy atom. The molecular weight excluding hydrogens is 242 g/mol. The molecule has 0 radical (unpaired) electrons. The molecule has 0 bridgehead atoms. The summed E-state index contributed by atoms with van der Waals surface area (Å²) in [5, 5.41) is 10.2. The number of anilines is 1. The third-order valence-electron chi connectivity index (χ3n) is 2.58. The van der Waals surface area contributed by atoms with E-state index in [4.69, 9.17) is 0 Å². The van der Waals surface area contributed by atoms with Gasteiger partial charge in [-0.05, 0) is 38.5 Å². The zero-order valence-corrected chi connectivity index (χ0v) is 11.5. The van der Waals surface area contributed by atoms with Gasteiger partial charge in [0.15, 0.2) is 5.65 Å². The number of carbonyl (C=O) groups is 1. The highest BCUT2D eigenvalue weighted by molar-refractivity contribution is 5.76. The van der Waals surface area contributed by atoms with E-state index in [1.54, 1.807) is 4.52 Å². The van der Waals surface area contributed by atoms with E-state index < -0.39 is 0 Å². The van der Waals surface area contributed by atoms with Crippen molar-refractivity contribution in [2.45, 2.75) is 33.2 Å². The lowest BCUT2D eigenvalue weighted by Crippen LogP contribution is -2.31. The fraction of sp³-hybridized carbons (Fsp3) is 0.462. The van der Waals surface area contributed by atoms with Crippen molar-refractivity contribution in [2.75, 3.05) is 11.9 Å². The van der Waals surface area contributed by atoms with Crippen LogP contribution in [0.25, 0.3) is 5.65 Å². The van der Waals surface area contributed by atoms with Crippen LogP contribution < -0.4 is 10.6 Å². The van der Waals surface area contributed by atoms with Crippen molar-refractivity contribution in [3.63, 3.8) is 0 Å². The first-order valence-corrected chi connectivity index (χ1v) is 6.41. The molecule has 19 heavy (non-hydrogen) atoms. The molecule has 0 saturated heterocycles. The first-order valence-electron chi connectivity index (χ1n) is 6.41. The molecule has 0 unspecified atom stereocenters. The molecule has 2 rings (SSSR count). The molecule has 2 heterocycles. The van der Waals surface area contributed by atoms with Crippen molar-refractivity contribution in [3.05, 3.63) is 23.9 Å². The summed E-state index contributed by atoms with van der Waals surface area (Å²) < 4.78 is 1.71. The molecule has 0 saturated carbocycles. The minimum atomic E-state index is 0.0297. The highest BCUT2D eigenvalue weighted by Gasteiger charge is 2.05. The van der Waals surface area contributed by atoms with Gasteiger partial charge >= 0.3 is 0 Å². The maximum atomic E-state index is 11.5. The normalized spacial score (nSPS) is 10.9. The summed E-state index contributed by atoms with van der Waals surface area (Å²) in [6.07, 6.45) is 2.28. The number of amides is 1. The fourth-order valence-electron chi connectivity index (χ4n) is 1.74. The average molecular weight is 261 g/mol. The van der Waals surface area contributed by atoms with Gasteiger partial charge in [0.1, 0.15) is 0 Å². The number of hydrogen-bond acceptors (Lipinski definition) is 4. The first-order chi connectivity index (χ1) is 9.04. The number of pyridine rings is 1. The third kappa shape index (κ3) is 3.67. The number of fused-ring (bicyclic) bond motifs is 1. The van der Waals surface area contributed by atoms with E-state index in [9.17, 15) is 4.79 Å².